The van der Waals surface area contributed by atoms with E-state index in [4.69, 9.17) is 14.7 Å². The second-order valence-corrected chi connectivity index (χ2v) is 10.4. The van der Waals surface area contributed by atoms with Crippen molar-refractivity contribution in [1.82, 2.24) is 9.79 Å². The summed E-state index contributed by atoms with van der Waals surface area (Å²) in [6.45, 7) is -0.393. The summed E-state index contributed by atoms with van der Waals surface area (Å²) < 4.78 is 62.4. The Morgan fingerprint density at radius 3 is 2.40 bits per heavy atom. The maximum atomic E-state index is 13.4. The number of hydrogen-bond acceptors (Lipinski definition) is 8. The van der Waals surface area contributed by atoms with Gasteiger partial charge in [-0.3, -0.25) is 10.0 Å². The first-order valence-corrected chi connectivity index (χ1v) is 12.1. The van der Waals surface area contributed by atoms with Gasteiger partial charge in [-0.1, -0.05) is 18.2 Å². The second-order valence-electron chi connectivity index (χ2n) is 6.53. The molecular weight excluding hydrogens is 436 g/mol. The van der Waals surface area contributed by atoms with E-state index in [2.05, 4.69) is 0 Å². The summed E-state index contributed by atoms with van der Waals surface area (Å²) in [5.41, 5.74) is 2.00. The van der Waals surface area contributed by atoms with Crippen LogP contribution in [0.25, 0.3) is 0 Å². The minimum atomic E-state index is -4.31. The van der Waals surface area contributed by atoms with Crippen molar-refractivity contribution in [1.29, 1.82) is 0 Å². The van der Waals surface area contributed by atoms with E-state index in [0.29, 0.717) is 17.1 Å². The normalized spacial score (nSPS) is 13.4. The van der Waals surface area contributed by atoms with Gasteiger partial charge in [0.15, 0.2) is 21.3 Å². The van der Waals surface area contributed by atoms with Crippen LogP contribution in [0.3, 0.4) is 0 Å². The first-order chi connectivity index (χ1) is 14.1. The number of nitrogens with zero attached hydrogens (tertiary/aromatic N) is 1. The lowest BCUT2D eigenvalue weighted by atomic mass is 10.2. The van der Waals surface area contributed by atoms with Crippen molar-refractivity contribution in [3.63, 3.8) is 0 Å². The molecular formula is C18H20N2O8S2. The van der Waals surface area contributed by atoms with Crippen molar-refractivity contribution in [2.45, 2.75) is 22.8 Å². The third-order valence-corrected chi connectivity index (χ3v) is 7.56. The number of benzene rings is 2. The lowest BCUT2D eigenvalue weighted by Crippen LogP contribution is -2.35. The minimum absolute atomic E-state index is 0.0548. The Morgan fingerprint density at radius 1 is 1.07 bits per heavy atom. The number of carbonyl (C=O) groups is 1. The zero-order chi connectivity index (χ0) is 21.9. The van der Waals surface area contributed by atoms with Crippen molar-refractivity contribution < 1.29 is 36.3 Å². The Bertz CT molecular complexity index is 1160. The highest BCUT2D eigenvalue weighted by Crippen LogP contribution is 2.33. The standard InChI is InChI=1S/C18H20N2O8S2/c1-29(23,24)16-4-2-3-5-17(16)30(25,26)20(9-8-18(21)19-22)11-13-6-7-14-15(10-13)28-12-27-14/h2-7,10,22H,8-9,11-12H2,1H3,(H,19,21). The molecule has 162 valence electrons. The molecule has 0 unspecified atom stereocenters. The largest absolute Gasteiger partial charge is 0.454 e. The quantitative estimate of drug-likeness (QED) is 0.441. The highest BCUT2D eigenvalue weighted by atomic mass is 32.2. The molecule has 0 radical (unpaired) electrons. The molecule has 0 spiro atoms. The van der Waals surface area contributed by atoms with Crippen LogP contribution in [0.5, 0.6) is 11.5 Å². The number of sulfonamides is 1. The van der Waals surface area contributed by atoms with E-state index in [0.717, 1.165) is 10.6 Å². The summed E-state index contributed by atoms with van der Waals surface area (Å²) in [5, 5.41) is 8.74. The number of ether oxygens (including phenoxy) is 2. The fraction of sp³-hybridized carbons (Fsp3) is 0.278. The molecule has 3 rings (SSSR count). The Labute approximate surface area is 174 Å². The predicted molar refractivity (Wildman–Crippen MR) is 104 cm³/mol. The maximum absolute atomic E-state index is 13.4. The number of sulfone groups is 1. The van der Waals surface area contributed by atoms with Gasteiger partial charge in [0.1, 0.15) is 4.90 Å². The third-order valence-electron chi connectivity index (χ3n) is 4.38. The average Bonchev–Trinajstić information content (AvgIpc) is 3.17. The van der Waals surface area contributed by atoms with Crippen LogP contribution in [0, 0.1) is 0 Å². The summed E-state index contributed by atoms with van der Waals surface area (Å²) in [7, 11) is -8.14. The fourth-order valence-electron chi connectivity index (χ4n) is 2.92. The smallest absolute Gasteiger partial charge is 0.244 e. The van der Waals surface area contributed by atoms with Crippen LogP contribution in [-0.2, 0) is 31.2 Å². The Kier molecular flexibility index (Phi) is 6.31. The number of rotatable bonds is 8. The molecule has 2 aromatic rings. The molecule has 0 atom stereocenters. The SMILES string of the molecule is CS(=O)(=O)c1ccccc1S(=O)(=O)N(CCC(=O)NO)Cc1ccc2c(c1)OCO2. The monoisotopic (exact) mass is 456 g/mol. The number of fused-ring (bicyclic) bond motifs is 1. The molecule has 0 fully saturated rings. The van der Waals surface area contributed by atoms with Gasteiger partial charge in [0.05, 0.1) is 4.90 Å². The van der Waals surface area contributed by atoms with Crippen LogP contribution in [0.4, 0.5) is 0 Å². The lowest BCUT2D eigenvalue weighted by molar-refractivity contribution is -0.129. The van der Waals surface area contributed by atoms with Gasteiger partial charge in [-0.25, -0.2) is 22.3 Å². The number of hydroxylamine groups is 1. The highest BCUT2D eigenvalue weighted by molar-refractivity contribution is 7.93. The third kappa shape index (κ3) is 4.73. The molecule has 2 N–H and O–H groups in total. The van der Waals surface area contributed by atoms with E-state index in [1.165, 1.54) is 29.7 Å². The molecule has 12 heteroatoms. The molecule has 1 aliphatic rings. The number of carbonyl (C=O) groups excluding carboxylic acids is 1. The number of hydrogen-bond donors (Lipinski definition) is 2. The predicted octanol–water partition coefficient (Wildman–Crippen LogP) is 0.905. The summed E-state index contributed by atoms with van der Waals surface area (Å²) in [4.78, 5) is 10.8. The zero-order valence-electron chi connectivity index (χ0n) is 15.9. The van der Waals surface area contributed by atoms with E-state index < -0.39 is 30.7 Å². The number of amides is 1. The molecule has 0 saturated heterocycles. The van der Waals surface area contributed by atoms with Crippen LogP contribution in [-0.4, -0.2) is 51.8 Å². The molecule has 30 heavy (non-hydrogen) atoms. The molecule has 10 nitrogen and oxygen atoms in total. The summed E-state index contributed by atoms with van der Waals surface area (Å²) in [6, 6.07) is 10.1. The van der Waals surface area contributed by atoms with E-state index >= 15 is 0 Å². The van der Waals surface area contributed by atoms with Gasteiger partial charge in [0.25, 0.3) is 0 Å². The summed E-state index contributed by atoms with van der Waals surface area (Å²) in [5.74, 6) is 0.196. The molecule has 0 saturated carbocycles. The van der Waals surface area contributed by atoms with Gasteiger partial charge < -0.3 is 9.47 Å². The summed E-state index contributed by atoms with van der Waals surface area (Å²) in [6.07, 6.45) is 0.587. The van der Waals surface area contributed by atoms with Crippen molar-refractivity contribution in [3.05, 3.63) is 48.0 Å². The van der Waals surface area contributed by atoms with Gasteiger partial charge in [0, 0.05) is 25.8 Å². The molecule has 1 aliphatic heterocycles. The van der Waals surface area contributed by atoms with Crippen LogP contribution < -0.4 is 15.0 Å². The average molecular weight is 456 g/mol. The highest BCUT2D eigenvalue weighted by Gasteiger charge is 2.30. The van der Waals surface area contributed by atoms with E-state index in [9.17, 15) is 21.6 Å². The van der Waals surface area contributed by atoms with Crippen LogP contribution in [0.15, 0.2) is 52.3 Å². The van der Waals surface area contributed by atoms with E-state index in [1.54, 1.807) is 18.2 Å². The fourth-order valence-corrected chi connectivity index (χ4v) is 5.95. The Hall–Kier alpha value is -2.67. The first kappa shape index (κ1) is 22.0. The van der Waals surface area contributed by atoms with E-state index in [-0.39, 0.29) is 31.2 Å². The van der Waals surface area contributed by atoms with Gasteiger partial charge in [-0.15, -0.1) is 0 Å². The lowest BCUT2D eigenvalue weighted by Gasteiger charge is -2.23. The molecule has 0 aromatic heterocycles. The van der Waals surface area contributed by atoms with Gasteiger partial charge in [-0.2, -0.15) is 4.31 Å². The maximum Gasteiger partial charge on any atom is 0.244 e. The molecule has 2 aromatic carbocycles. The van der Waals surface area contributed by atoms with Crippen molar-refractivity contribution in [2.24, 2.45) is 0 Å². The van der Waals surface area contributed by atoms with Gasteiger partial charge in [0.2, 0.25) is 22.7 Å². The molecule has 0 bridgehead atoms. The second kappa shape index (κ2) is 8.60. The zero-order valence-corrected chi connectivity index (χ0v) is 17.6. The first-order valence-electron chi connectivity index (χ1n) is 8.73. The number of nitrogens with one attached hydrogen (secondary N) is 1. The van der Waals surface area contributed by atoms with Crippen LogP contribution in [0.1, 0.15) is 12.0 Å². The van der Waals surface area contributed by atoms with Crippen LogP contribution >= 0.6 is 0 Å². The Morgan fingerprint density at radius 2 is 1.73 bits per heavy atom. The summed E-state index contributed by atoms with van der Waals surface area (Å²) >= 11 is 0. The molecule has 1 heterocycles. The molecule has 1 amide bonds. The molecule has 0 aliphatic carbocycles. The van der Waals surface area contributed by atoms with Crippen LogP contribution in [0.2, 0.25) is 0 Å². The van der Waals surface area contributed by atoms with Crippen molar-refractivity contribution >= 4 is 25.8 Å². The van der Waals surface area contributed by atoms with Gasteiger partial charge >= 0.3 is 0 Å². The van der Waals surface area contributed by atoms with Crippen molar-refractivity contribution in [3.8, 4) is 11.5 Å². The van der Waals surface area contributed by atoms with Crippen molar-refractivity contribution in [2.75, 3.05) is 19.6 Å². The van der Waals surface area contributed by atoms with Gasteiger partial charge in [-0.05, 0) is 29.8 Å². The van der Waals surface area contributed by atoms with E-state index in [1.807, 2.05) is 0 Å². The topological polar surface area (TPSA) is 139 Å². The minimum Gasteiger partial charge on any atom is -0.454 e. The Balaban J connectivity index is 2.00.